The zero-order chi connectivity index (χ0) is 19.6. The van der Waals surface area contributed by atoms with Gasteiger partial charge in [0.2, 0.25) is 0 Å². The SMILES string of the molecule is C[C@H](NC(=O)C(=O)N/N=C\c1ccc(OCC(=O)[O-])cc1)c1ccccc1. The summed E-state index contributed by atoms with van der Waals surface area (Å²) >= 11 is 0. The lowest BCUT2D eigenvalue weighted by atomic mass is 10.1. The van der Waals surface area contributed by atoms with Crippen molar-refractivity contribution in [1.29, 1.82) is 0 Å². The summed E-state index contributed by atoms with van der Waals surface area (Å²) in [6.45, 7) is 1.23. The second-order valence-electron chi connectivity index (χ2n) is 5.53. The maximum absolute atomic E-state index is 11.9. The molecule has 0 aliphatic carbocycles. The van der Waals surface area contributed by atoms with Gasteiger partial charge in [-0.2, -0.15) is 5.10 Å². The number of carbonyl (C=O) groups excluding carboxylic acids is 3. The second-order valence-corrected chi connectivity index (χ2v) is 5.53. The molecular formula is C19H18N3O5-. The van der Waals surface area contributed by atoms with Gasteiger partial charge in [0.15, 0.2) is 0 Å². The van der Waals surface area contributed by atoms with Crippen LogP contribution in [0.15, 0.2) is 59.7 Å². The lowest BCUT2D eigenvalue weighted by Gasteiger charge is -2.13. The molecule has 0 fully saturated rings. The predicted molar refractivity (Wildman–Crippen MR) is 95.7 cm³/mol. The lowest BCUT2D eigenvalue weighted by Crippen LogP contribution is -2.39. The van der Waals surface area contributed by atoms with Gasteiger partial charge in [-0.15, -0.1) is 0 Å². The molecule has 0 saturated carbocycles. The molecule has 0 heterocycles. The molecule has 0 aromatic heterocycles. The Hall–Kier alpha value is -3.68. The van der Waals surface area contributed by atoms with Crippen molar-refractivity contribution < 1.29 is 24.2 Å². The van der Waals surface area contributed by atoms with Crippen LogP contribution in [0.5, 0.6) is 5.75 Å². The molecule has 8 nitrogen and oxygen atoms in total. The van der Waals surface area contributed by atoms with Crippen LogP contribution < -0.4 is 20.6 Å². The highest BCUT2D eigenvalue weighted by atomic mass is 16.5. The van der Waals surface area contributed by atoms with E-state index in [1.807, 2.05) is 30.3 Å². The van der Waals surface area contributed by atoms with Crippen LogP contribution in [0.2, 0.25) is 0 Å². The van der Waals surface area contributed by atoms with Crippen LogP contribution in [0.25, 0.3) is 0 Å². The first kappa shape index (κ1) is 19.6. The highest BCUT2D eigenvalue weighted by Crippen LogP contribution is 2.11. The lowest BCUT2D eigenvalue weighted by molar-refractivity contribution is -0.307. The van der Waals surface area contributed by atoms with Gasteiger partial charge in [0.1, 0.15) is 12.4 Å². The largest absolute Gasteiger partial charge is 0.546 e. The van der Waals surface area contributed by atoms with E-state index in [-0.39, 0.29) is 6.04 Å². The normalized spacial score (nSPS) is 11.6. The van der Waals surface area contributed by atoms with Crippen LogP contribution >= 0.6 is 0 Å². The van der Waals surface area contributed by atoms with Gasteiger partial charge in [0.25, 0.3) is 0 Å². The molecule has 27 heavy (non-hydrogen) atoms. The van der Waals surface area contributed by atoms with Gasteiger partial charge >= 0.3 is 11.8 Å². The molecule has 2 N–H and O–H groups in total. The van der Waals surface area contributed by atoms with Crippen molar-refractivity contribution in [2.24, 2.45) is 5.10 Å². The van der Waals surface area contributed by atoms with E-state index >= 15 is 0 Å². The van der Waals surface area contributed by atoms with Gasteiger partial charge in [-0.25, -0.2) is 5.43 Å². The summed E-state index contributed by atoms with van der Waals surface area (Å²) in [7, 11) is 0. The van der Waals surface area contributed by atoms with E-state index in [1.54, 1.807) is 31.2 Å². The molecule has 1 atom stereocenters. The van der Waals surface area contributed by atoms with Crippen molar-refractivity contribution in [3.63, 3.8) is 0 Å². The summed E-state index contributed by atoms with van der Waals surface area (Å²) < 4.78 is 4.94. The first-order valence-electron chi connectivity index (χ1n) is 8.07. The van der Waals surface area contributed by atoms with Crippen molar-refractivity contribution in [3.05, 3.63) is 65.7 Å². The molecule has 0 spiro atoms. The number of benzene rings is 2. The molecule has 2 amide bonds. The van der Waals surface area contributed by atoms with Crippen LogP contribution in [-0.4, -0.2) is 30.6 Å². The van der Waals surface area contributed by atoms with Crippen LogP contribution in [0.3, 0.4) is 0 Å². The van der Waals surface area contributed by atoms with E-state index in [9.17, 15) is 19.5 Å². The summed E-state index contributed by atoms with van der Waals surface area (Å²) in [5.41, 5.74) is 3.64. The third-order valence-electron chi connectivity index (χ3n) is 3.47. The Labute approximate surface area is 155 Å². The molecule has 0 saturated heterocycles. The number of rotatable bonds is 7. The highest BCUT2D eigenvalue weighted by molar-refractivity contribution is 6.35. The molecule has 0 radical (unpaired) electrons. The van der Waals surface area contributed by atoms with Gasteiger partial charge in [-0.1, -0.05) is 30.3 Å². The average Bonchev–Trinajstić information content (AvgIpc) is 2.67. The Morgan fingerprint density at radius 3 is 2.37 bits per heavy atom. The monoisotopic (exact) mass is 368 g/mol. The summed E-state index contributed by atoms with van der Waals surface area (Å²) in [5, 5.41) is 16.6. The number of aliphatic carboxylic acids is 1. The topological polar surface area (TPSA) is 120 Å². The maximum atomic E-state index is 11.9. The number of nitrogens with zero attached hydrogens (tertiary/aromatic N) is 1. The van der Waals surface area contributed by atoms with Gasteiger partial charge in [-0.3, -0.25) is 9.59 Å². The number of hydrogen-bond donors (Lipinski definition) is 2. The summed E-state index contributed by atoms with van der Waals surface area (Å²) in [6.07, 6.45) is 1.34. The fraction of sp³-hybridized carbons (Fsp3) is 0.158. The Kier molecular flexibility index (Phi) is 7.07. The summed E-state index contributed by atoms with van der Waals surface area (Å²) in [5.74, 6) is -2.64. The smallest absolute Gasteiger partial charge is 0.329 e. The summed E-state index contributed by atoms with van der Waals surface area (Å²) in [6, 6.07) is 15.2. The molecule has 2 aromatic carbocycles. The molecular weight excluding hydrogens is 350 g/mol. The number of hydrazone groups is 1. The van der Waals surface area contributed by atoms with E-state index in [0.29, 0.717) is 11.3 Å². The fourth-order valence-electron chi connectivity index (χ4n) is 2.10. The molecule has 0 unspecified atom stereocenters. The number of carboxylic acid groups (broad SMARTS) is 1. The van der Waals surface area contributed by atoms with Gasteiger partial charge in [-0.05, 0) is 42.3 Å². The molecule has 2 aromatic rings. The number of nitrogens with one attached hydrogen (secondary N) is 2. The molecule has 8 heteroatoms. The minimum Gasteiger partial charge on any atom is -0.546 e. The average molecular weight is 368 g/mol. The third kappa shape index (κ3) is 6.62. The number of ether oxygens (including phenoxy) is 1. The molecule has 0 bridgehead atoms. The van der Waals surface area contributed by atoms with Gasteiger partial charge < -0.3 is 20.0 Å². The first-order valence-corrected chi connectivity index (χ1v) is 8.07. The number of carboxylic acids is 1. The Morgan fingerprint density at radius 2 is 1.74 bits per heavy atom. The van der Waals surface area contributed by atoms with E-state index in [1.165, 1.54) is 6.21 Å². The zero-order valence-corrected chi connectivity index (χ0v) is 14.5. The molecule has 0 aliphatic rings. The third-order valence-corrected chi connectivity index (χ3v) is 3.47. The molecule has 2 rings (SSSR count). The zero-order valence-electron chi connectivity index (χ0n) is 14.5. The van der Waals surface area contributed by atoms with Crippen molar-refractivity contribution in [2.45, 2.75) is 13.0 Å². The Bertz CT molecular complexity index is 819. The van der Waals surface area contributed by atoms with Crippen LogP contribution in [0, 0.1) is 0 Å². The Morgan fingerprint density at radius 1 is 1.07 bits per heavy atom. The first-order chi connectivity index (χ1) is 13.0. The van der Waals surface area contributed by atoms with Crippen molar-refractivity contribution >= 4 is 24.0 Å². The van der Waals surface area contributed by atoms with Crippen molar-refractivity contribution in [3.8, 4) is 5.75 Å². The fourth-order valence-corrected chi connectivity index (χ4v) is 2.10. The van der Waals surface area contributed by atoms with E-state index in [0.717, 1.165) is 5.56 Å². The molecule has 0 aliphatic heterocycles. The quantitative estimate of drug-likeness (QED) is 0.409. The number of amides is 2. The predicted octanol–water partition coefficient (Wildman–Crippen LogP) is 0.143. The van der Waals surface area contributed by atoms with Gasteiger partial charge in [0.05, 0.1) is 18.2 Å². The number of carbonyl (C=O) groups is 3. The minimum atomic E-state index is -1.32. The van der Waals surface area contributed by atoms with Crippen LogP contribution in [-0.2, 0) is 14.4 Å². The van der Waals surface area contributed by atoms with Crippen molar-refractivity contribution in [2.75, 3.05) is 6.61 Å². The second kappa shape index (κ2) is 9.71. The minimum absolute atomic E-state index is 0.318. The number of hydrogen-bond acceptors (Lipinski definition) is 6. The van der Waals surface area contributed by atoms with E-state index in [4.69, 9.17) is 4.74 Å². The van der Waals surface area contributed by atoms with E-state index < -0.39 is 24.4 Å². The van der Waals surface area contributed by atoms with E-state index in [2.05, 4.69) is 15.8 Å². The maximum Gasteiger partial charge on any atom is 0.329 e. The highest BCUT2D eigenvalue weighted by Gasteiger charge is 2.16. The van der Waals surface area contributed by atoms with Crippen LogP contribution in [0.1, 0.15) is 24.1 Å². The standard InChI is InChI=1S/C19H19N3O5/c1-13(15-5-3-2-4-6-15)21-18(25)19(26)22-20-11-14-7-9-16(10-8-14)27-12-17(23)24/h2-11,13H,12H2,1H3,(H,21,25)(H,22,26)(H,23,24)/p-1/b20-11-/t13-/m0/s1. The van der Waals surface area contributed by atoms with Crippen LogP contribution in [0.4, 0.5) is 0 Å². The Balaban J connectivity index is 1.81. The summed E-state index contributed by atoms with van der Waals surface area (Å²) in [4.78, 5) is 34.0. The molecule has 140 valence electrons. The van der Waals surface area contributed by atoms with Crippen molar-refractivity contribution in [1.82, 2.24) is 10.7 Å². The van der Waals surface area contributed by atoms with Gasteiger partial charge in [0, 0.05) is 0 Å².